The highest BCUT2D eigenvalue weighted by Crippen LogP contribution is 2.32. The zero-order chi connectivity index (χ0) is 17.6. The smallest absolute Gasteiger partial charge is 0.158 e. The molecule has 2 heterocycles. The number of aromatic nitrogens is 3. The summed E-state index contributed by atoms with van der Waals surface area (Å²) >= 11 is 1.68. The summed E-state index contributed by atoms with van der Waals surface area (Å²) in [7, 11) is 0. The van der Waals surface area contributed by atoms with Crippen LogP contribution < -0.4 is 5.32 Å². The number of anilines is 1. The normalized spacial score (nSPS) is 11.0. The van der Waals surface area contributed by atoms with Crippen molar-refractivity contribution in [3.8, 4) is 6.07 Å². The molecule has 0 amide bonds. The average Bonchev–Trinajstić information content (AvgIpc) is 3.12. The fourth-order valence-corrected chi connectivity index (χ4v) is 3.72. The lowest BCUT2D eigenvalue weighted by atomic mass is 10.2. The number of rotatable bonds is 7. The van der Waals surface area contributed by atoms with Gasteiger partial charge >= 0.3 is 0 Å². The molecule has 0 unspecified atom stereocenters. The van der Waals surface area contributed by atoms with E-state index in [0.29, 0.717) is 23.2 Å². The number of hydrogen-bond acceptors (Lipinski definition) is 5. The van der Waals surface area contributed by atoms with Crippen LogP contribution >= 0.6 is 11.8 Å². The van der Waals surface area contributed by atoms with Gasteiger partial charge in [0.25, 0.3) is 0 Å². The van der Waals surface area contributed by atoms with Gasteiger partial charge in [-0.3, -0.25) is 0 Å². The fourth-order valence-electron chi connectivity index (χ4n) is 2.66. The Bertz CT molecular complexity index is 878. The third-order valence-corrected chi connectivity index (χ3v) is 5.62. The molecule has 0 saturated carbocycles. The highest BCUT2D eigenvalue weighted by atomic mass is 32.2. The maximum Gasteiger partial charge on any atom is 0.158 e. The van der Waals surface area contributed by atoms with Crippen LogP contribution in [0.4, 0.5) is 5.82 Å². The standard InChI is InChI=1S/C19H21N5S/c1-3-15(4-2)25-19-16(12-20)18(24-17(23-19)10-11-22-24)21-13-14-8-6-5-7-9-14/h5-11,15,21H,3-4,13H2,1-2H3. The van der Waals surface area contributed by atoms with Crippen molar-refractivity contribution in [3.05, 3.63) is 53.7 Å². The summed E-state index contributed by atoms with van der Waals surface area (Å²) in [5, 5.41) is 18.7. The molecule has 3 aromatic rings. The monoisotopic (exact) mass is 351 g/mol. The first-order valence-corrected chi connectivity index (χ1v) is 9.37. The Balaban J connectivity index is 1.99. The Labute approximate surface area is 152 Å². The van der Waals surface area contributed by atoms with Crippen molar-refractivity contribution in [1.29, 1.82) is 5.26 Å². The molecule has 3 rings (SSSR count). The van der Waals surface area contributed by atoms with Crippen molar-refractivity contribution in [1.82, 2.24) is 14.6 Å². The predicted octanol–water partition coefficient (Wildman–Crippen LogP) is 4.49. The molecule has 1 aromatic carbocycles. The van der Waals surface area contributed by atoms with Crippen molar-refractivity contribution in [2.24, 2.45) is 0 Å². The molecule has 0 atom stereocenters. The quantitative estimate of drug-likeness (QED) is 0.502. The van der Waals surface area contributed by atoms with Crippen LogP contribution in [0.15, 0.2) is 47.6 Å². The lowest BCUT2D eigenvalue weighted by Crippen LogP contribution is -2.10. The van der Waals surface area contributed by atoms with Crippen LogP contribution in [0.3, 0.4) is 0 Å². The Morgan fingerprint density at radius 1 is 1.20 bits per heavy atom. The number of thioether (sulfide) groups is 1. The summed E-state index contributed by atoms with van der Waals surface area (Å²) in [6.07, 6.45) is 3.80. The summed E-state index contributed by atoms with van der Waals surface area (Å²) in [6.45, 7) is 4.96. The van der Waals surface area contributed by atoms with Crippen LogP contribution in [0.1, 0.15) is 37.8 Å². The molecule has 6 heteroatoms. The largest absolute Gasteiger partial charge is 0.365 e. The van der Waals surface area contributed by atoms with E-state index in [0.717, 1.165) is 29.1 Å². The molecule has 0 radical (unpaired) electrons. The summed E-state index contributed by atoms with van der Waals surface area (Å²) in [5.74, 6) is 0.704. The zero-order valence-electron chi connectivity index (χ0n) is 14.4. The Morgan fingerprint density at radius 3 is 2.64 bits per heavy atom. The third-order valence-electron chi connectivity index (χ3n) is 4.10. The van der Waals surface area contributed by atoms with Crippen molar-refractivity contribution < 1.29 is 0 Å². The van der Waals surface area contributed by atoms with Crippen LogP contribution in [0.5, 0.6) is 0 Å². The Kier molecular flexibility index (Phi) is 5.56. The van der Waals surface area contributed by atoms with Crippen LogP contribution in [-0.4, -0.2) is 19.8 Å². The number of nitrogens with one attached hydrogen (secondary N) is 1. The van der Waals surface area contributed by atoms with Gasteiger partial charge in [0.1, 0.15) is 16.7 Å². The molecule has 0 spiro atoms. The highest BCUT2D eigenvalue weighted by molar-refractivity contribution is 7.99. The summed E-state index contributed by atoms with van der Waals surface area (Å²) in [5.41, 5.74) is 2.46. The molecule has 0 bridgehead atoms. The number of benzene rings is 1. The fraction of sp³-hybridized carbons (Fsp3) is 0.316. The first-order valence-electron chi connectivity index (χ1n) is 8.49. The first kappa shape index (κ1) is 17.3. The van der Waals surface area contributed by atoms with E-state index < -0.39 is 0 Å². The molecule has 1 N–H and O–H groups in total. The highest BCUT2D eigenvalue weighted by Gasteiger charge is 2.18. The van der Waals surface area contributed by atoms with E-state index in [-0.39, 0.29) is 0 Å². The van der Waals surface area contributed by atoms with Gasteiger partial charge in [0.05, 0.1) is 6.20 Å². The molecule has 0 aliphatic heterocycles. The second-order valence-electron chi connectivity index (χ2n) is 5.75. The molecule has 0 saturated heterocycles. The van der Waals surface area contributed by atoms with E-state index >= 15 is 0 Å². The van der Waals surface area contributed by atoms with E-state index in [4.69, 9.17) is 0 Å². The maximum absolute atomic E-state index is 9.77. The summed E-state index contributed by atoms with van der Waals surface area (Å²) in [6, 6.07) is 14.3. The first-order chi connectivity index (χ1) is 12.3. The number of nitrogens with zero attached hydrogens (tertiary/aromatic N) is 4. The molecule has 25 heavy (non-hydrogen) atoms. The third kappa shape index (κ3) is 3.77. The van der Waals surface area contributed by atoms with Gasteiger partial charge in [-0.15, -0.1) is 11.8 Å². The number of hydrogen-bond donors (Lipinski definition) is 1. The van der Waals surface area contributed by atoms with Crippen LogP contribution in [-0.2, 0) is 6.54 Å². The van der Waals surface area contributed by atoms with Gasteiger partial charge in [-0.1, -0.05) is 44.2 Å². The van der Waals surface area contributed by atoms with Crippen LogP contribution in [0.25, 0.3) is 5.65 Å². The number of fused-ring (bicyclic) bond motifs is 1. The second-order valence-corrected chi connectivity index (χ2v) is 7.04. The van der Waals surface area contributed by atoms with E-state index in [9.17, 15) is 5.26 Å². The molecule has 2 aromatic heterocycles. The molecule has 0 fully saturated rings. The van der Waals surface area contributed by atoms with E-state index in [1.807, 2.05) is 24.3 Å². The molecule has 128 valence electrons. The van der Waals surface area contributed by atoms with Crippen LogP contribution in [0, 0.1) is 11.3 Å². The molecule has 5 nitrogen and oxygen atoms in total. The lowest BCUT2D eigenvalue weighted by Gasteiger charge is -2.16. The lowest BCUT2D eigenvalue weighted by molar-refractivity contribution is 0.788. The molecular formula is C19H21N5S. The Morgan fingerprint density at radius 2 is 1.96 bits per heavy atom. The van der Waals surface area contributed by atoms with Crippen molar-refractivity contribution in [3.63, 3.8) is 0 Å². The van der Waals surface area contributed by atoms with Gasteiger partial charge in [0.2, 0.25) is 0 Å². The van der Waals surface area contributed by atoms with E-state index in [2.05, 4.69) is 47.4 Å². The van der Waals surface area contributed by atoms with Crippen molar-refractivity contribution in [2.75, 3.05) is 5.32 Å². The maximum atomic E-state index is 9.77. The van der Waals surface area contributed by atoms with Gasteiger partial charge in [0, 0.05) is 17.9 Å². The van der Waals surface area contributed by atoms with Crippen molar-refractivity contribution in [2.45, 2.75) is 43.5 Å². The minimum Gasteiger partial charge on any atom is -0.365 e. The number of nitriles is 1. The average molecular weight is 351 g/mol. The predicted molar refractivity (Wildman–Crippen MR) is 102 cm³/mol. The van der Waals surface area contributed by atoms with Gasteiger partial charge in [-0.05, 0) is 18.4 Å². The molecule has 0 aliphatic carbocycles. The van der Waals surface area contributed by atoms with E-state index in [1.54, 1.807) is 22.5 Å². The summed E-state index contributed by atoms with van der Waals surface area (Å²) in [4.78, 5) is 4.66. The molecular weight excluding hydrogens is 330 g/mol. The second kappa shape index (κ2) is 8.04. The van der Waals surface area contributed by atoms with Crippen LogP contribution in [0.2, 0.25) is 0 Å². The van der Waals surface area contributed by atoms with Crippen molar-refractivity contribution >= 4 is 23.2 Å². The Hall–Kier alpha value is -2.52. The van der Waals surface area contributed by atoms with Gasteiger partial charge < -0.3 is 5.32 Å². The van der Waals surface area contributed by atoms with Gasteiger partial charge in [0.15, 0.2) is 11.5 Å². The van der Waals surface area contributed by atoms with E-state index in [1.165, 1.54) is 0 Å². The minimum atomic E-state index is 0.451. The summed E-state index contributed by atoms with van der Waals surface area (Å²) < 4.78 is 1.71. The van der Waals surface area contributed by atoms with Gasteiger partial charge in [-0.2, -0.15) is 14.9 Å². The SMILES string of the molecule is CCC(CC)Sc1nc2ccnn2c(NCc2ccccc2)c1C#N. The zero-order valence-corrected chi connectivity index (χ0v) is 15.3. The topological polar surface area (TPSA) is 66.0 Å². The van der Waals surface area contributed by atoms with Gasteiger partial charge in [-0.25, -0.2) is 4.98 Å². The minimum absolute atomic E-state index is 0.451. The molecule has 0 aliphatic rings.